The number of benzene rings is 2. The van der Waals surface area contributed by atoms with Crippen molar-refractivity contribution in [3.8, 4) is 0 Å². The molecule has 1 heterocycles. The lowest BCUT2D eigenvalue weighted by Gasteiger charge is -2.11. The molecule has 0 aromatic heterocycles. The Bertz CT molecular complexity index is 784. The van der Waals surface area contributed by atoms with E-state index in [1.165, 1.54) is 0 Å². The van der Waals surface area contributed by atoms with Gasteiger partial charge in [0.05, 0.1) is 12.6 Å². The zero-order valence-electron chi connectivity index (χ0n) is 15.5. The minimum atomic E-state index is -0.126. The van der Waals surface area contributed by atoms with Crippen molar-refractivity contribution in [1.82, 2.24) is 5.32 Å². The van der Waals surface area contributed by atoms with Crippen molar-refractivity contribution in [2.75, 3.05) is 30.3 Å². The number of ether oxygens (including phenoxy) is 1. The number of carbonyl (C=O) groups excluding carboxylic acids is 2. The molecule has 1 aliphatic rings. The number of hydrogen-bond acceptors (Lipinski definition) is 4. The Hall–Kier alpha value is -2.86. The van der Waals surface area contributed by atoms with Gasteiger partial charge in [0.15, 0.2) is 0 Å². The molecule has 0 bridgehead atoms. The fourth-order valence-corrected chi connectivity index (χ4v) is 2.96. The highest BCUT2D eigenvalue weighted by Crippen LogP contribution is 2.13. The molecule has 142 valence electrons. The topological polar surface area (TPSA) is 79.5 Å². The lowest BCUT2D eigenvalue weighted by Crippen LogP contribution is -2.31. The third-order valence-electron chi connectivity index (χ3n) is 4.42. The van der Waals surface area contributed by atoms with Crippen molar-refractivity contribution < 1.29 is 14.3 Å². The maximum atomic E-state index is 12.2. The van der Waals surface area contributed by atoms with E-state index >= 15 is 0 Å². The number of carbonyl (C=O) groups is 2. The largest absolute Gasteiger partial charge is 0.376 e. The van der Waals surface area contributed by atoms with Crippen LogP contribution in [0.5, 0.6) is 0 Å². The molecular formula is C21H25N3O3. The molecule has 2 aromatic rings. The van der Waals surface area contributed by atoms with Crippen molar-refractivity contribution in [2.24, 2.45) is 0 Å². The molecule has 1 atom stereocenters. The molecule has 3 rings (SSSR count). The Labute approximate surface area is 159 Å². The van der Waals surface area contributed by atoms with Crippen LogP contribution >= 0.6 is 0 Å². The summed E-state index contributed by atoms with van der Waals surface area (Å²) in [5.74, 6) is -0.242. The Balaban J connectivity index is 1.44. The van der Waals surface area contributed by atoms with E-state index in [0.29, 0.717) is 12.1 Å². The normalized spacial score (nSPS) is 16.0. The van der Waals surface area contributed by atoms with E-state index in [9.17, 15) is 9.59 Å². The second kappa shape index (κ2) is 9.19. The van der Waals surface area contributed by atoms with E-state index in [1.807, 2.05) is 31.2 Å². The summed E-state index contributed by atoms with van der Waals surface area (Å²) in [4.78, 5) is 24.2. The predicted octanol–water partition coefficient (Wildman–Crippen LogP) is 2.95. The van der Waals surface area contributed by atoms with Gasteiger partial charge in [-0.2, -0.15) is 0 Å². The van der Waals surface area contributed by atoms with E-state index < -0.39 is 0 Å². The molecule has 1 fully saturated rings. The molecule has 6 nitrogen and oxygen atoms in total. The number of anilines is 2. The molecule has 0 spiro atoms. The van der Waals surface area contributed by atoms with Crippen LogP contribution in [0.1, 0.15) is 28.8 Å². The molecule has 0 aliphatic carbocycles. The zero-order chi connectivity index (χ0) is 19.1. The van der Waals surface area contributed by atoms with E-state index in [0.717, 1.165) is 36.4 Å². The number of hydrogen-bond donors (Lipinski definition) is 3. The van der Waals surface area contributed by atoms with Gasteiger partial charge in [-0.15, -0.1) is 0 Å². The van der Waals surface area contributed by atoms with Gasteiger partial charge in [-0.3, -0.25) is 9.59 Å². The second-order valence-electron chi connectivity index (χ2n) is 6.69. The highest BCUT2D eigenvalue weighted by Gasteiger charge is 2.16. The van der Waals surface area contributed by atoms with Crippen molar-refractivity contribution in [3.63, 3.8) is 0 Å². The lowest BCUT2D eigenvalue weighted by molar-refractivity contribution is -0.114. The second-order valence-corrected chi connectivity index (χ2v) is 6.69. The van der Waals surface area contributed by atoms with Crippen LogP contribution in [-0.4, -0.2) is 37.6 Å². The molecule has 27 heavy (non-hydrogen) atoms. The number of aryl methyl sites for hydroxylation is 1. The maximum absolute atomic E-state index is 12.2. The summed E-state index contributed by atoms with van der Waals surface area (Å²) >= 11 is 0. The first-order valence-electron chi connectivity index (χ1n) is 9.20. The van der Waals surface area contributed by atoms with Crippen molar-refractivity contribution in [2.45, 2.75) is 25.9 Å². The number of rotatable bonds is 7. The van der Waals surface area contributed by atoms with Crippen LogP contribution in [0.2, 0.25) is 0 Å². The minimum Gasteiger partial charge on any atom is -0.376 e. The fraction of sp³-hybridized carbons (Fsp3) is 0.333. The third-order valence-corrected chi connectivity index (χ3v) is 4.42. The standard InChI is InChI=1S/C21H25N3O3/c1-15-4-2-5-18(12-15)24-20(25)14-22-17-9-7-16(8-10-17)21(26)23-13-19-6-3-11-27-19/h2,4-5,7-10,12,19,22H,3,6,11,13-14H2,1H3,(H,23,26)(H,24,25). The summed E-state index contributed by atoms with van der Waals surface area (Å²) < 4.78 is 5.50. The highest BCUT2D eigenvalue weighted by molar-refractivity contribution is 5.95. The number of nitrogens with one attached hydrogen (secondary N) is 3. The van der Waals surface area contributed by atoms with Gasteiger partial charge in [0.1, 0.15) is 0 Å². The van der Waals surface area contributed by atoms with Gasteiger partial charge in [-0.05, 0) is 61.7 Å². The van der Waals surface area contributed by atoms with E-state index in [1.54, 1.807) is 24.3 Å². The van der Waals surface area contributed by atoms with E-state index in [4.69, 9.17) is 4.74 Å². The minimum absolute atomic E-state index is 0.116. The molecule has 6 heteroatoms. The van der Waals surface area contributed by atoms with Crippen LogP contribution in [0.4, 0.5) is 11.4 Å². The summed E-state index contributed by atoms with van der Waals surface area (Å²) in [5, 5.41) is 8.80. The van der Waals surface area contributed by atoms with Crippen LogP contribution < -0.4 is 16.0 Å². The fourth-order valence-electron chi connectivity index (χ4n) is 2.96. The highest BCUT2D eigenvalue weighted by atomic mass is 16.5. The lowest BCUT2D eigenvalue weighted by atomic mass is 10.2. The predicted molar refractivity (Wildman–Crippen MR) is 106 cm³/mol. The molecule has 0 radical (unpaired) electrons. The molecular weight excluding hydrogens is 342 g/mol. The first kappa shape index (κ1) is 18.9. The molecule has 2 amide bonds. The zero-order valence-corrected chi connectivity index (χ0v) is 15.5. The van der Waals surface area contributed by atoms with Gasteiger partial charge in [0.2, 0.25) is 5.91 Å². The quantitative estimate of drug-likeness (QED) is 0.703. The Morgan fingerprint density at radius 1 is 1.11 bits per heavy atom. The van der Waals surface area contributed by atoms with Gasteiger partial charge in [-0.1, -0.05) is 12.1 Å². The molecule has 2 aromatic carbocycles. The SMILES string of the molecule is Cc1cccc(NC(=O)CNc2ccc(C(=O)NCC3CCCO3)cc2)c1. The molecule has 1 aliphatic heterocycles. The maximum Gasteiger partial charge on any atom is 0.251 e. The summed E-state index contributed by atoms with van der Waals surface area (Å²) in [6, 6.07) is 14.7. The van der Waals surface area contributed by atoms with Gasteiger partial charge in [0, 0.05) is 30.1 Å². The molecule has 1 unspecified atom stereocenters. The van der Waals surface area contributed by atoms with Gasteiger partial charge >= 0.3 is 0 Å². The molecule has 3 N–H and O–H groups in total. The first-order chi connectivity index (χ1) is 13.1. The average molecular weight is 367 g/mol. The van der Waals surface area contributed by atoms with Crippen molar-refractivity contribution in [1.29, 1.82) is 0 Å². The van der Waals surface area contributed by atoms with Crippen LogP contribution in [0, 0.1) is 6.92 Å². The van der Waals surface area contributed by atoms with Crippen molar-refractivity contribution >= 4 is 23.2 Å². The Kier molecular flexibility index (Phi) is 6.44. The van der Waals surface area contributed by atoms with Crippen LogP contribution in [0.3, 0.4) is 0 Å². The molecule has 1 saturated heterocycles. The van der Waals surface area contributed by atoms with E-state index in [-0.39, 0.29) is 24.5 Å². The van der Waals surface area contributed by atoms with Crippen LogP contribution in [-0.2, 0) is 9.53 Å². The Morgan fingerprint density at radius 3 is 2.63 bits per heavy atom. The Morgan fingerprint density at radius 2 is 1.93 bits per heavy atom. The summed E-state index contributed by atoms with van der Waals surface area (Å²) in [7, 11) is 0. The van der Waals surface area contributed by atoms with Gasteiger partial charge in [0.25, 0.3) is 5.91 Å². The van der Waals surface area contributed by atoms with Crippen LogP contribution in [0.15, 0.2) is 48.5 Å². The van der Waals surface area contributed by atoms with Crippen molar-refractivity contribution in [3.05, 3.63) is 59.7 Å². The monoisotopic (exact) mass is 367 g/mol. The summed E-state index contributed by atoms with van der Waals surface area (Å²) in [6.07, 6.45) is 2.17. The smallest absolute Gasteiger partial charge is 0.251 e. The summed E-state index contributed by atoms with van der Waals surface area (Å²) in [6.45, 7) is 3.45. The van der Waals surface area contributed by atoms with Gasteiger partial charge in [-0.25, -0.2) is 0 Å². The average Bonchev–Trinajstić information content (AvgIpc) is 3.18. The van der Waals surface area contributed by atoms with E-state index in [2.05, 4.69) is 16.0 Å². The van der Waals surface area contributed by atoms with Crippen LogP contribution in [0.25, 0.3) is 0 Å². The first-order valence-corrected chi connectivity index (χ1v) is 9.20. The summed E-state index contributed by atoms with van der Waals surface area (Å²) in [5.41, 5.74) is 3.24. The molecule has 0 saturated carbocycles. The third kappa shape index (κ3) is 5.82. The number of amides is 2. The van der Waals surface area contributed by atoms with Gasteiger partial charge < -0.3 is 20.7 Å².